The molecule has 35 heavy (non-hydrogen) atoms. The number of carbonyl (C=O) groups is 2. The van der Waals surface area contributed by atoms with Crippen molar-refractivity contribution < 1.29 is 14.3 Å². The third kappa shape index (κ3) is 4.53. The summed E-state index contributed by atoms with van der Waals surface area (Å²) in [7, 11) is 0. The van der Waals surface area contributed by atoms with Crippen molar-refractivity contribution in [1.29, 1.82) is 0 Å². The number of carbonyl (C=O) groups excluding carboxylic acids is 2. The molecule has 0 fully saturated rings. The number of anilines is 1. The van der Waals surface area contributed by atoms with Gasteiger partial charge in [-0.2, -0.15) is 0 Å². The van der Waals surface area contributed by atoms with Crippen LogP contribution in [0, 0.1) is 0 Å². The number of hydrogen-bond donors (Lipinski definition) is 1. The molecule has 5 nitrogen and oxygen atoms in total. The standard InChI is InChI=1S/C30H26N2O3/c1-2-19-35-24-17-15-23(16-18-24)27-28(31-26-14-8-12-22-11-6-7-13-25(22)26)30(34)32(29(27)33)20-21-9-4-3-5-10-21/h3-18,31H,2,19-20H2,1H3. The van der Waals surface area contributed by atoms with Crippen LogP contribution >= 0.6 is 0 Å². The Labute approximate surface area is 204 Å². The fourth-order valence-corrected chi connectivity index (χ4v) is 4.28. The van der Waals surface area contributed by atoms with Gasteiger partial charge in [-0.25, -0.2) is 0 Å². The van der Waals surface area contributed by atoms with E-state index in [1.165, 1.54) is 4.90 Å². The number of imide groups is 1. The highest BCUT2D eigenvalue weighted by Crippen LogP contribution is 2.34. The lowest BCUT2D eigenvalue weighted by atomic mass is 10.0. The summed E-state index contributed by atoms with van der Waals surface area (Å²) in [5.41, 5.74) is 2.99. The van der Waals surface area contributed by atoms with Gasteiger partial charge >= 0.3 is 0 Å². The predicted octanol–water partition coefficient (Wildman–Crippen LogP) is 6.02. The Morgan fingerprint density at radius 1 is 0.771 bits per heavy atom. The van der Waals surface area contributed by atoms with Crippen molar-refractivity contribution in [3.8, 4) is 5.75 Å². The lowest BCUT2D eigenvalue weighted by molar-refractivity contribution is -0.137. The molecule has 5 rings (SSSR count). The fourth-order valence-electron chi connectivity index (χ4n) is 4.28. The van der Waals surface area contributed by atoms with Crippen LogP contribution in [0.1, 0.15) is 24.5 Å². The van der Waals surface area contributed by atoms with Gasteiger partial charge in [0.2, 0.25) is 0 Å². The molecule has 4 aromatic carbocycles. The molecule has 0 saturated carbocycles. The van der Waals surface area contributed by atoms with Gasteiger partial charge < -0.3 is 10.1 Å². The van der Waals surface area contributed by atoms with Crippen molar-refractivity contribution in [2.75, 3.05) is 11.9 Å². The minimum Gasteiger partial charge on any atom is -0.494 e. The first-order chi connectivity index (χ1) is 17.2. The predicted molar refractivity (Wildman–Crippen MR) is 139 cm³/mol. The second-order valence-corrected chi connectivity index (χ2v) is 8.46. The molecule has 1 N–H and O–H groups in total. The quantitative estimate of drug-likeness (QED) is 0.325. The van der Waals surface area contributed by atoms with E-state index in [4.69, 9.17) is 4.74 Å². The topological polar surface area (TPSA) is 58.6 Å². The SMILES string of the molecule is CCCOc1ccc(C2=C(Nc3cccc4ccccc34)C(=O)N(Cc3ccccc3)C2=O)cc1. The monoisotopic (exact) mass is 462 g/mol. The van der Waals surface area contributed by atoms with Crippen molar-refractivity contribution in [2.45, 2.75) is 19.9 Å². The van der Waals surface area contributed by atoms with Gasteiger partial charge in [0, 0.05) is 11.1 Å². The average molecular weight is 463 g/mol. The average Bonchev–Trinajstić information content (AvgIpc) is 3.13. The van der Waals surface area contributed by atoms with Crippen LogP contribution in [0.5, 0.6) is 5.75 Å². The van der Waals surface area contributed by atoms with Crippen LogP contribution in [0.25, 0.3) is 16.3 Å². The van der Waals surface area contributed by atoms with Crippen molar-refractivity contribution in [2.24, 2.45) is 0 Å². The maximum atomic E-state index is 13.6. The fraction of sp³-hybridized carbons (Fsp3) is 0.133. The van der Waals surface area contributed by atoms with Gasteiger partial charge in [-0.05, 0) is 41.1 Å². The first-order valence-corrected chi connectivity index (χ1v) is 11.8. The molecular weight excluding hydrogens is 436 g/mol. The molecule has 0 saturated heterocycles. The molecule has 5 heteroatoms. The number of benzene rings is 4. The van der Waals surface area contributed by atoms with Crippen LogP contribution in [-0.4, -0.2) is 23.3 Å². The van der Waals surface area contributed by atoms with Gasteiger partial charge in [-0.1, -0.05) is 85.8 Å². The van der Waals surface area contributed by atoms with Crippen molar-refractivity contribution in [3.63, 3.8) is 0 Å². The number of hydrogen-bond acceptors (Lipinski definition) is 4. The zero-order valence-corrected chi connectivity index (χ0v) is 19.5. The number of nitrogens with zero attached hydrogens (tertiary/aromatic N) is 1. The molecule has 0 spiro atoms. The van der Waals surface area contributed by atoms with Gasteiger partial charge in [0.15, 0.2) is 0 Å². The number of ether oxygens (including phenoxy) is 1. The summed E-state index contributed by atoms with van der Waals surface area (Å²) in [6.45, 7) is 2.88. The highest BCUT2D eigenvalue weighted by atomic mass is 16.5. The maximum absolute atomic E-state index is 13.6. The van der Waals surface area contributed by atoms with E-state index in [-0.39, 0.29) is 24.1 Å². The summed E-state index contributed by atoms with van der Waals surface area (Å²) < 4.78 is 5.70. The Hall–Kier alpha value is -4.38. The van der Waals surface area contributed by atoms with E-state index >= 15 is 0 Å². The van der Waals surface area contributed by atoms with E-state index in [9.17, 15) is 9.59 Å². The lowest BCUT2D eigenvalue weighted by Gasteiger charge is -2.16. The van der Waals surface area contributed by atoms with Gasteiger partial charge in [0.25, 0.3) is 11.8 Å². The first kappa shape index (κ1) is 22.4. The number of rotatable bonds is 8. The molecule has 0 bridgehead atoms. The van der Waals surface area contributed by atoms with Crippen LogP contribution in [0.3, 0.4) is 0 Å². The van der Waals surface area contributed by atoms with Crippen LogP contribution in [-0.2, 0) is 16.1 Å². The molecule has 2 amide bonds. The molecule has 174 valence electrons. The zero-order valence-electron chi connectivity index (χ0n) is 19.5. The van der Waals surface area contributed by atoms with E-state index in [2.05, 4.69) is 12.2 Å². The second-order valence-electron chi connectivity index (χ2n) is 8.46. The molecule has 4 aromatic rings. The van der Waals surface area contributed by atoms with E-state index in [0.717, 1.165) is 34.2 Å². The van der Waals surface area contributed by atoms with Crippen LogP contribution in [0.15, 0.2) is 103 Å². The molecule has 1 aliphatic rings. The maximum Gasteiger partial charge on any atom is 0.278 e. The van der Waals surface area contributed by atoms with Gasteiger partial charge in [-0.3, -0.25) is 14.5 Å². The Kier molecular flexibility index (Phi) is 6.31. The van der Waals surface area contributed by atoms with E-state index in [0.29, 0.717) is 17.7 Å². The molecule has 0 atom stereocenters. The van der Waals surface area contributed by atoms with Gasteiger partial charge in [-0.15, -0.1) is 0 Å². The van der Waals surface area contributed by atoms with Crippen molar-refractivity contribution in [3.05, 3.63) is 114 Å². The number of fused-ring (bicyclic) bond motifs is 1. The van der Waals surface area contributed by atoms with Gasteiger partial charge in [0.1, 0.15) is 11.4 Å². The molecule has 0 unspecified atom stereocenters. The largest absolute Gasteiger partial charge is 0.494 e. The van der Waals surface area contributed by atoms with Crippen LogP contribution < -0.4 is 10.1 Å². The summed E-state index contributed by atoms with van der Waals surface area (Å²) in [6.07, 6.45) is 0.910. The summed E-state index contributed by atoms with van der Waals surface area (Å²) in [4.78, 5) is 28.5. The second kappa shape index (κ2) is 9.85. The zero-order chi connectivity index (χ0) is 24.2. The molecule has 0 aliphatic carbocycles. The molecule has 1 heterocycles. The van der Waals surface area contributed by atoms with Gasteiger partial charge in [0.05, 0.1) is 18.7 Å². The third-order valence-electron chi connectivity index (χ3n) is 6.02. The minimum absolute atomic E-state index is 0.209. The molecular formula is C30H26N2O3. The lowest BCUT2D eigenvalue weighted by Crippen LogP contribution is -2.32. The molecule has 1 aliphatic heterocycles. The molecule has 0 radical (unpaired) electrons. The Morgan fingerprint density at radius 3 is 2.26 bits per heavy atom. The summed E-state index contributed by atoms with van der Waals surface area (Å²) in [5, 5.41) is 5.34. The Morgan fingerprint density at radius 2 is 1.49 bits per heavy atom. The van der Waals surface area contributed by atoms with E-state index in [1.54, 1.807) is 0 Å². The Bertz CT molecular complexity index is 1400. The highest BCUT2D eigenvalue weighted by molar-refractivity contribution is 6.36. The summed E-state index contributed by atoms with van der Waals surface area (Å²) in [5.74, 6) is 0.0783. The number of nitrogens with one attached hydrogen (secondary N) is 1. The van der Waals surface area contributed by atoms with Crippen LogP contribution in [0.4, 0.5) is 5.69 Å². The van der Waals surface area contributed by atoms with E-state index in [1.807, 2.05) is 97.1 Å². The summed E-state index contributed by atoms with van der Waals surface area (Å²) in [6, 6.07) is 30.7. The number of amides is 2. The van der Waals surface area contributed by atoms with Crippen molar-refractivity contribution >= 4 is 33.8 Å². The smallest absolute Gasteiger partial charge is 0.278 e. The summed E-state index contributed by atoms with van der Waals surface area (Å²) >= 11 is 0. The van der Waals surface area contributed by atoms with E-state index < -0.39 is 0 Å². The normalized spacial score (nSPS) is 13.6. The first-order valence-electron chi connectivity index (χ1n) is 11.8. The molecule has 0 aromatic heterocycles. The van der Waals surface area contributed by atoms with Crippen molar-refractivity contribution in [1.82, 2.24) is 4.90 Å². The minimum atomic E-state index is -0.340. The highest BCUT2D eigenvalue weighted by Gasteiger charge is 2.39. The Balaban J connectivity index is 1.55. The van der Waals surface area contributed by atoms with Crippen LogP contribution in [0.2, 0.25) is 0 Å². The third-order valence-corrected chi connectivity index (χ3v) is 6.02.